The Morgan fingerprint density at radius 3 is 1.63 bits per heavy atom. The first-order valence-electron chi connectivity index (χ1n) is 29.2. The zero-order valence-corrected chi connectivity index (χ0v) is 52.2. The van der Waals surface area contributed by atoms with Gasteiger partial charge in [0.1, 0.15) is 43.2 Å². The number of phosphoric acid groups is 1. The van der Waals surface area contributed by atoms with Gasteiger partial charge in [-0.2, -0.15) is 31.6 Å². The molecule has 4 N–H and O–H groups in total. The van der Waals surface area contributed by atoms with Crippen LogP contribution >= 0.6 is 7.82 Å². The van der Waals surface area contributed by atoms with Crippen molar-refractivity contribution in [1.82, 2.24) is 19.1 Å². The Morgan fingerprint density at radius 1 is 0.673 bits per heavy atom. The number of carbonyl (C=O) groups excluding carboxylic acids is 2. The van der Waals surface area contributed by atoms with Gasteiger partial charge in [0, 0.05) is 24.5 Å². The van der Waals surface area contributed by atoms with Crippen molar-refractivity contribution in [1.29, 1.82) is 5.26 Å². The molecule has 2 aromatic heterocycles. The van der Waals surface area contributed by atoms with Gasteiger partial charge in [0.05, 0.1) is 46.5 Å². The van der Waals surface area contributed by atoms with Gasteiger partial charge in [0.2, 0.25) is 5.79 Å². The molecule has 2 fully saturated rings. The van der Waals surface area contributed by atoms with Crippen molar-refractivity contribution >= 4 is 20.1 Å². The number of methoxy groups -OCH3 is 2. The van der Waals surface area contributed by atoms with E-state index in [1.165, 1.54) is 14.2 Å². The van der Waals surface area contributed by atoms with Crippen molar-refractivity contribution in [2.45, 2.75) is 92.6 Å². The normalized spacial score (nSPS) is 21.1. The SMILES string of the molecule is COc1ccc(C(OC[C@H]2O[C@@H](n3ccc(=O)[nH]c3=O)[C@H](OCOCC(C(F)(F)F)C(F)(F)F)[C@]2(O)OP(=O)(OCCC#N)OC(O)[C@H]2O[C@@H](n3ccc(=O)[nH]c3=O)[C@H](OC(=O)OCc3ccccc3)[C@@H]2OC(=O)OCc2ccccc2)(c2ccccc2)c2ccc(OC)cc2)cc1. The summed E-state index contributed by atoms with van der Waals surface area (Å²) in [6.45, 7) is -7.05. The van der Waals surface area contributed by atoms with Crippen LogP contribution in [0, 0.1) is 17.2 Å². The molecule has 2 aliphatic rings. The minimum Gasteiger partial charge on any atom is -0.497 e. The molecule has 10 atom stereocenters. The van der Waals surface area contributed by atoms with Crippen molar-refractivity contribution in [2.24, 2.45) is 5.92 Å². The van der Waals surface area contributed by atoms with Crippen LogP contribution in [-0.4, -0.2) is 137 Å². The number of nitrogens with one attached hydrogen (secondary N) is 2. The molecule has 35 heteroatoms. The van der Waals surface area contributed by atoms with E-state index in [1.54, 1.807) is 146 Å². The van der Waals surface area contributed by atoms with Crippen molar-refractivity contribution in [3.05, 3.63) is 234 Å². The Kier molecular flexibility index (Phi) is 23.6. The Morgan fingerprint density at radius 2 is 1.15 bits per heavy atom. The number of hydrogen-bond acceptors (Lipinski definition) is 24. The largest absolute Gasteiger partial charge is 0.509 e. The Labute approximate surface area is 549 Å². The summed E-state index contributed by atoms with van der Waals surface area (Å²) in [6.07, 6.45) is -33.9. The summed E-state index contributed by atoms with van der Waals surface area (Å²) in [5.74, 6) is -7.25. The van der Waals surface area contributed by atoms with E-state index in [2.05, 4.69) is 0 Å². The first-order valence-corrected chi connectivity index (χ1v) is 30.7. The summed E-state index contributed by atoms with van der Waals surface area (Å²) in [5.41, 5.74) is -4.89. The number of nitriles is 1. The van der Waals surface area contributed by atoms with Crippen molar-refractivity contribution in [3.8, 4) is 17.6 Å². The summed E-state index contributed by atoms with van der Waals surface area (Å²) >= 11 is 0. The third kappa shape index (κ3) is 17.4. The van der Waals surface area contributed by atoms with E-state index in [1.807, 2.05) is 9.97 Å². The highest BCUT2D eigenvalue weighted by Crippen LogP contribution is 2.59. The highest BCUT2D eigenvalue weighted by molar-refractivity contribution is 7.48. The molecule has 2 unspecified atom stereocenters. The molecule has 4 heterocycles. The number of phosphoric ester groups is 1. The van der Waals surface area contributed by atoms with E-state index in [-0.39, 0.29) is 0 Å². The van der Waals surface area contributed by atoms with Crippen LogP contribution in [0.5, 0.6) is 11.5 Å². The summed E-state index contributed by atoms with van der Waals surface area (Å²) in [6, 6.07) is 39.8. The Hall–Kier alpha value is -9.50. The maximum atomic E-state index is 15.9. The second-order valence-electron chi connectivity index (χ2n) is 21.3. The van der Waals surface area contributed by atoms with Crippen molar-refractivity contribution in [2.75, 3.05) is 40.8 Å². The van der Waals surface area contributed by atoms with E-state index in [9.17, 15) is 70.6 Å². The highest BCUT2D eigenvalue weighted by Gasteiger charge is 2.65. The quantitative estimate of drug-likeness (QED) is 0.00878. The second-order valence-corrected chi connectivity index (χ2v) is 22.9. The molecule has 0 radical (unpaired) electrons. The van der Waals surface area contributed by atoms with Gasteiger partial charge in [-0.3, -0.25) is 37.7 Å². The van der Waals surface area contributed by atoms with Gasteiger partial charge >= 0.3 is 43.9 Å². The summed E-state index contributed by atoms with van der Waals surface area (Å²) in [5, 5.41) is 35.8. The first-order chi connectivity index (χ1) is 46.8. The van der Waals surface area contributed by atoms with Crippen LogP contribution in [0.1, 0.15) is 46.7 Å². The molecular formula is C63H60F6N5O23P. The molecule has 522 valence electrons. The standard InChI is InChI=1S/C63H60F6N5O23P/c1-84-43-23-19-41(20-24-43)60(40-17-10-5-11-18-40,42-21-25-44(85-2)26-22-42)90-36-46-61(82,52(54(92-46)74-31-28-48(76)72-57(74)79)89-37-86-35-45(62(64,65)66)63(67,68)69)97-98(83,91-32-12-29-70)96-55(77)51-49(94-58(80)87-33-38-13-6-3-7-14-38)50(53(93-51)73-30-27-47(75)71-56(73)78)95-59(81)88-34-39-15-8-4-9-16-39/h3-11,13-28,30-31,45-46,49-55,77,82H,12,32-37H2,1-2H3,(H,71,75,78)(H,72,76,79)/t46-,49+,50-,51+,52+,53-,54-,55?,61-,98?/m1/s1. The average Bonchev–Trinajstić information content (AvgIpc) is 1.25. The second kappa shape index (κ2) is 31.8. The average molecular weight is 1400 g/mol. The fourth-order valence-corrected chi connectivity index (χ4v) is 11.8. The van der Waals surface area contributed by atoms with Crippen LogP contribution in [-0.2, 0) is 79.6 Å². The number of aliphatic hydroxyl groups excluding tert-OH is 1. The van der Waals surface area contributed by atoms with Gasteiger partial charge in [0.25, 0.3) is 11.1 Å². The van der Waals surface area contributed by atoms with Crippen LogP contribution in [0.4, 0.5) is 35.9 Å². The molecular weight excluding hydrogens is 1340 g/mol. The molecule has 98 heavy (non-hydrogen) atoms. The smallest absolute Gasteiger partial charge is 0.497 e. The maximum absolute atomic E-state index is 15.9. The number of H-pyrrole nitrogens is 2. The number of rotatable bonds is 29. The number of halogens is 6. The molecule has 0 saturated carbocycles. The van der Waals surface area contributed by atoms with Gasteiger partial charge in [-0.1, -0.05) is 115 Å². The summed E-state index contributed by atoms with van der Waals surface area (Å²) in [4.78, 5) is 83.9. The number of carbonyl (C=O) groups is 2. The molecule has 0 spiro atoms. The third-order valence-electron chi connectivity index (χ3n) is 15.0. The third-order valence-corrected chi connectivity index (χ3v) is 16.5. The molecule has 28 nitrogen and oxygen atoms in total. The zero-order valence-electron chi connectivity index (χ0n) is 51.3. The van der Waals surface area contributed by atoms with Crippen molar-refractivity contribution < 1.29 is 116 Å². The van der Waals surface area contributed by atoms with E-state index < -0.39 is 168 Å². The number of aromatic nitrogens is 4. The molecule has 2 saturated heterocycles. The Bertz CT molecular complexity index is 4090. The van der Waals surface area contributed by atoms with E-state index in [0.29, 0.717) is 48.5 Å². The highest BCUT2D eigenvalue weighted by atomic mass is 31.2. The topological polar surface area (TPSA) is 354 Å². The summed E-state index contributed by atoms with van der Waals surface area (Å²) < 4.78 is 181. The number of nitrogens with zero attached hydrogens (tertiary/aromatic N) is 3. The first kappa shape index (κ1) is 72.8. The van der Waals surface area contributed by atoms with E-state index in [0.717, 1.165) is 24.5 Å². The molecule has 0 amide bonds. The molecule has 0 bridgehead atoms. The summed E-state index contributed by atoms with van der Waals surface area (Å²) in [7, 11) is -3.44. The van der Waals surface area contributed by atoms with Gasteiger partial charge < -0.3 is 62.3 Å². The van der Waals surface area contributed by atoms with Crippen LogP contribution in [0.15, 0.2) is 183 Å². The number of aromatic amines is 2. The number of alkyl halides is 6. The molecule has 2 aliphatic heterocycles. The zero-order chi connectivity index (χ0) is 70.4. The van der Waals surface area contributed by atoms with Gasteiger partial charge in [-0.15, -0.1) is 0 Å². The molecule has 7 aromatic rings. The van der Waals surface area contributed by atoms with Gasteiger partial charge in [-0.05, 0) is 52.1 Å². The lowest BCUT2D eigenvalue weighted by Crippen LogP contribution is -2.54. The van der Waals surface area contributed by atoms with E-state index >= 15 is 4.57 Å². The fourth-order valence-electron chi connectivity index (χ4n) is 10.4. The predicted molar refractivity (Wildman–Crippen MR) is 320 cm³/mol. The lowest BCUT2D eigenvalue weighted by Gasteiger charge is -2.39. The number of hydrogen-bond donors (Lipinski definition) is 4. The Balaban J connectivity index is 1.17. The lowest BCUT2D eigenvalue weighted by molar-refractivity contribution is -0.304. The molecule has 9 rings (SSSR count). The predicted octanol–water partition coefficient (Wildman–Crippen LogP) is 7.53. The van der Waals surface area contributed by atoms with E-state index in [4.69, 9.17) is 65.7 Å². The molecule has 0 aliphatic carbocycles. The maximum Gasteiger partial charge on any atom is 0.509 e. The fraction of sp³-hybridized carbons (Fsp3) is 0.349. The van der Waals surface area contributed by atoms with Crippen LogP contribution < -0.4 is 32.0 Å². The number of aliphatic hydroxyl groups is 2. The minimum atomic E-state index is -6.23. The lowest BCUT2D eigenvalue weighted by atomic mass is 9.80. The van der Waals surface area contributed by atoms with Crippen LogP contribution in [0.3, 0.4) is 0 Å². The number of benzene rings is 5. The van der Waals surface area contributed by atoms with Gasteiger partial charge in [0.15, 0.2) is 49.1 Å². The minimum absolute atomic E-state index is 0.291. The van der Waals surface area contributed by atoms with Gasteiger partial charge in [-0.25, -0.2) is 28.3 Å². The monoisotopic (exact) mass is 1400 g/mol. The van der Waals surface area contributed by atoms with Crippen molar-refractivity contribution in [3.63, 3.8) is 0 Å². The van der Waals surface area contributed by atoms with Crippen LogP contribution in [0.2, 0.25) is 0 Å². The van der Waals surface area contributed by atoms with Crippen LogP contribution in [0.25, 0.3) is 0 Å². The molecule has 5 aromatic carbocycles. The number of ether oxygens (including phenoxy) is 11.